The predicted molar refractivity (Wildman–Crippen MR) is 131 cm³/mol. The number of thiol groups is 1. The summed E-state index contributed by atoms with van der Waals surface area (Å²) in [5.41, 5.74) is 1.99. The Hall–Kier alpha value is -2.22. The Kier molecular flexibility index (Phi) is 11.1. The van der Waals surface area contributed by atoms with E-state index >= 15 is 0 Å². The van der Waals surface area contributed by atoms with Gasteiger partial charge in [-0.2, -0.15) is 12.6 Å². The summed E-state index contributed by atoms with van der Waals surface area (Å²) in [5.74, 6) is -0.548. The number of amides is 3. The number of aryl methyl sites for hydroxylation is 2. The highest BCUT2D eigenvalue weighted by molar-refractivity contribution is 7.80. The topological polar surface area (TPSA) is 87.7 Å². The van der Waals surface area contributed by atoms with Crippen LogP contribution >= 0.6 is 12.6 Å². The number of nitrogens with zero attached hydrogens (tertiary/aromatic N) is 1. The van der Waals surface area contributed by atoms with Crippen LogP contribution in [-0.2, 0) is 14.3 Å². The number of hydrogen-bond donors (Lipinski definition) is 3. The summed E-state index contributed by atoms with van der Waals surface area (Å²) >= 11 is 4.27. The van der Waals surface area contributed by atoms with Gasteiger partial charge in [-0.05, 0) is 59.1 Å². The fourth-order valence-corrected chi connectivity index (χ4v) is 3.54. The van der Waals surface area contributed by atoms with Gasteiger partial charge in [-0.25, -0.2) is 4.79 Å². The number of likely N-dealkylation sites (N-methyl/N-ethyl adjacent to an activating group) is 1. The maximum atomic E-state index is 13.5. The van der Waals surface area contributed by atoms with Gasteiger partial charge in [0.15, 0.2) is 0 Å². The second kappa shape index (κ2) is 12.7. The van der Waals surface area contributed by atoms with Gasteiger partial charge in [-0.15, -0.1) is 0 Å². The van der Waals surface area contributed by atoms with Crippen molar-refractivity contribution in [1.82, 2.24) is 15.5 Å². The molecule has 3 amide bonds. The van der Waals surface area contributed by atoms with E-state index in [4.69, 9.17) is 4.74 Å². The number of alkyl carbamates (subject to hydrolysis) is 1. The SMILES string of the molecule is CCCCNC(=O)C(c1cc(C)ccc1C)N(CC)C(=O)C(CS)NC(=O)OC(C)(C)C. The molecule has 0 spiro atoms. The second-order valence-corrected chi connectivity index (χ2v) is 9.28. The van der Waals surface area contributed by atoms with E-state index in [1.165, 1.54) is 4.90 Å². The lowest BCUT2D eigenvalue weighted by molar-refractivity contribution is -0.141. The molecule has 0 saturated carbocycles. The third-order valence-corrected chi connectivity index (χ3v) is 5.28. The fraction of sp³-hybridized carbons (Fsp3) is 0.625. The fourth-order valence-electron chi connectivity index (χ4n) is 3.29. The molecule has 0 heterocycles. The predicted octanol–water partition coefficient (Wildman–Crippen LogP) is 3.93. The van der Waals surface area contributed by atoms with Gasteiger partial charge in [0, 0.05) is 18.8 Å². The summed E-state index contributed by atoms with van der Waals surface area (Å²) in [6.07, 6.45) is 1.11. The highest BCUT2D eigenvalue weighted by Gasteiger charge is 2.35. The van der Waals surface area contributed by atoms with Gasteiger partial charge in [0.1, 0.15) is 17.7 Å². The van der Waals surface area contributed by atoms with Crippen molar-refractivity contribution in [3.05, 3.63) is 34.9 Å². The molecule has 1 rings (SSSR count). The molecule has 2 atom stereocenters. The first kappa shape index (κ1) is 27.8. The first-order valence-electron chi connectivity index (χ1n) is 11.2. The molecule has 0 aliphatic heterocycles. The van der Waals surface area contributed by atoms with Crippen molar-refractivity contribution < 1.29 is 19.1 Å². The van der Waals surface area contributed by atoms with Crippen LogP contribution in [0, 0.1) is 13.8 Å². The number of unbranched alkanes of at least 4 members (excludes halogenated alkanes) is 1. The van der Waals surface area contributed by atoms with Gasteiger partial charge in [-0.3, -0.25) is 9.59 Å². The van der Waals surface area contributed by atoms with Crippen LogP contribution in [0.3, 0.4) is 0 Å². The molecule has 0 aliphatic rings. The summed E-state index contributed by atoms with van der Waals surface area (Å²) in [6, 6.07) is 4.12. The molecule has 0 radical (unpaired) electrons. The summed E-state index contributed by atoms with van der Waals surface area (Å²) in [7, 11) is 0. The van der Waals surface area contributed by atoms with E-state index in [1.807, 2.05) is 39.0 Å². The Morgan fingerprint density at radius 2 is 1.81 bits per heavy atom. The van der Waals surface area contributed by atoms with Crippen molar-refractivity contribution in [3.8, 4) is 0 Å². The van der Waals surface area contributed by atoms with Gasteiger partial charge in [-0.1, -0.05) is 37.1 Å². The normalized spacial score (nSPS) is 13.1. The Labute approximate surface area is 198 Å². The molecule has 180 valence electrons. The second-order valence-electron chi connectivity index (χ2n) is 8.91. The van der Waals surface area contributed by atoms with Crippen molar-refractivity contribution in [2.24, 2.45) is 0 Å². The van der Waals surface area contributed by atoms with E-state index in [9.17, 15) is 14.4 Å². The molecule has 32 heavy (non-hydrogen) atoms. The minimum atomic E-state index is -0.927. The lowest BCUT2D eigenvalue weighted by Gasteiger charge is -2.34. The van der Waals surface area contributed by atoms with Crippen LogP contribution in [0.4, 0.5) is 4.79 Å². The van der Waals surface area contributed by atoms with Crippen LogP contribution in [0.15, 0.2) is 18.2 Å². The summed E-state index contributed by atoms with van der Waals surface area (Å²) < 4.78 is 5.29. The van der Waals surface area contributed by atoms with Gasteiger partial charge in [0.05, 0.1) is 0 Å². The highest BCUT2D eigenvalue weighted by atomic mass is 32.1. The van der Waals surface area contributed by atoms with Crippen LogP contribution in [-0.4, -0.2) is 53.3 Å². The zero-order valence-electron chi connectivity index (χ0n) is 20.4. The molecular weight excluding hydrogens is 426 g/mol. The minimum absolute atomic E-state index is 0.0749. The summed E-state index contributed by atoms with van der Waals surface area (Å²) in [4.78, 5) is 40.5. The number of carbonyl (C=O) groups excluding carboxylic acids is 3. The lowest BCUT2D eigenvalue weighted by atomic mass is 9.96. The van der Waals surface area contributed by atoms with E-state index in [0.717, 1.165) is 29.5 Å². The maximum absolute atomic E-state index is 13.5. The molecule has 8 heteroatoms. The quantitative estimate of drug-likeness (QED) is 0.361. The molecule has 2 N–H and O–H groups in total. The van der Waals surface area contributed by atoms with Crippen LogP contribution < -0.4 is 10.6 Å². The van der Waals surface area contributed by atoms with E-state index in [2.05, 4.69) is 30.2 Å². The Morgan fingerprint density at radius 1 is 1.16 bits per heavy atom. The number of hydrogen-bond acceptors (Lipinski definition) is 5. The third kappa shape index (κ3) is 8.37. The third-order valence-electron chi connectivity index (χ3n) is 4.91. The number of benzene rings is 1. The maximum Gasteiger partial charge on any atom is 0.408 e. The van der Waals surface area contributed by atoms with E-state index < -0.39 is 23.8 Å². The molecule has 0 fully saturated rings. The Morgan fingerprint density at radius 3 is 2.34 bits per heavy atom. The van der Waals surface area contributed by atoms with Gasteiger partial charge in [0.25, 0.3) is 0 Å². The van der Waals surface area contributed by atoms with Crippen LogP contribution in [0.25, 0.3) is 0 Å². The number of carbonyl (C=O) groups is 3. The highest BCUT2D eigenvalue weighted by Crippen LogP contribution is 2.26. The monoisotopic (exact) mass is 465 g/mol. The standard InChI is InChI=1S/C24H39N3O4S/c1-8-10-13-25-21(28)20(18-14-16(3)11-12-17(18)4)27(9-2)22(29)19(15-32)26-23(30)31-24(5,6)7/h11-12,14,19-20,32H,8-10,13,15H2,1-7H3,(H,25,28)(H,26,30). The first-order valence-corrected chi connectivity index (χ1v) is 11.8. The molecule has 0 aliphatic carbocycles. The van der Waals surface area contributed by atoms with Crippen molar-refractivity contribution in [2.45, 2.75) is 79.0 Å². The van der Waals surface area contributed by atoms with Gasteiger partial charge >= 0.3 is 6.09 Å². The molecular formula is C24H39N3O4S. The van der Waals surface area contributed by atoms with Gasteiger partial charge < -0.3 is 20.3 Å². The zero-order valence-corrected chi connectivity index (χ0v) is 21.3. The molecule has 1 aromatic carbocycles. The Bertz CT molecular complexity index is 792. The summed E-state index contributed by atoms with van der Waals surface area (Å²) in [5, 5.41) is 5.56. The lowest BCUT2D eigenvalue weighted by Crippen LogP contribution is -2.53. The van der Waals surface area contributed by atoms with E-state index in [1.54, 1.807) is 20.8 Å². The van der Waals surface area contributed by atoms with Crippen LogP contribution in [0.5, 0.6) is 0 Å². The largest absolute Gasteiger partial charge is 0.444 e. The molecule has 0 saturated heterocycles. The average Bonchev–Trinajstić information content (AvgIpc) is 2.70. The molecule has 0 bridgehead atoms. The van der Waals surface area contributed by atoms with Crippen LogP contribution in [0.2, 0.25) is 0 Å². The van der Waals surface area contributed by atoms with Crippen molar-refractivity contribution in [1.29, 1.82) is 0 Å². The zero-order chi connectivity index (χ0) is 24.5. The smallest absolute Gasteiger partial charge is 0.408 e. The minimum Gasteiger partial charge on any atom is -0.444 e. The van der Waals surface area contributed by atoms with Crippen molar-refractivity contribution in [3.63, 3.8) is 0 Å². The van der Waals surface area contributed by atoms with Crippen molar-refractivity contribution >= 4 is 30.5 Å². The number of ether oxygens (including phenoxy) is 1. The number of nitrogens with one attached hydrogen (secondary N) is 2. The average molecular weight is 466 g/mol. The van der Waals surface area contributed by atoms with E-state index in [-0.39, 0.29) is 17.6 Å². The molecule has 7 nitrogen and oxygen atoms in total. The Balaban J connectivity index is 3.28. The van der Waals surface area contributed by atoms with Crippen LogP contribution in [0.1, 0.15) is 70.2 Å². The number of rotatable bonds is 10. The van der Waals surface area contributed by atoms with Crippen molar-refractivity contribution in [2.75, 3.05) is 18.8 Å². The van der Waals surface area contributed by atoms with Gasteiger partial charge in [0.2, 0.25) is 11.8 Å². The molecule has 0 aromatic heterocycles. The van der Waals surface area contributed by atoms with E-state index in [0.29, 0.717) is 13.1 Å². The molecule has 1 aromatic rings. The first-order chi connectivity index (χ1) is 14.9. The summed E-state index contributed by atoms with van der Waals surface area (Å²) in [6.45, 7) is 13.8. The molecule has 2 unspecified atom stereocenters.